The van der Waals surface area contributed by atoms with Crippen LogP contribution in [0.2, 0.25) is 0 Å². The first-order valence-electron chi connectivity index (χ1n) is 8.29. The molecule has 0 aliphatic carbocycles. The molecule has 0 unspecified atom stereocenters. The molecule has 1 aromatic rings. The Labute approximate surface area is 132 Å². The number of rotatable bonds is 7. The molecule has 0 aromatic heterocycles. The first-order chi connectivity index (χ1) is 10.6. The monoisotopic (exact) mass is 302 g/mol. The third-order valence-corrected chi connectivity index (χ3v) is 4.11. The topological polar surface area (TPSA) is 49.4 Å². The Morgan fingerprint density at radius 3 is 2.59 bits per heavy atom. The Morgan fingerprint density at radius 2 is 1.95 bits per heavy atom. The average Bonchev–Trinajstić information content (AvgIpc) is 2.75. The summed E-state index contributed by atoms with van der Waals surface area (Å²) < 4.78 is 0. The minimum Gasteiger partial charge on any atom is -0.341 e. The molecule has 1 N–H and O–H groups in total. The van der Waals surface area contributed by atoms with Crippen molar-refractivity contribution in [3.8, 4) is 0 Å². The van der Waals surface area contributed by atoms with Crippen molar-refractivity contribution in [2.45, 2.75) is 58.9 Å². The summed E-state index contributed by atoms with van der Waals surface area (Å²) in [6.07, 6.45) is 5.30. The van der Waals surface area contributed by atoms with E-state index in [2.05, 4.69) is 31.3 Å². The van der Waals surface area contributed by atoms with Gasteiger partial charge in [0, 0.05) is 24.7 Å². The summed E-state index contributed by atoms with van der Waals surface area (Å²) >= 11 is 0. The van der Waals surface area contributed by atoms with Crippen LogP contribution in [0, 0.1) is 0 Å². The molecule has 0 fully saturated rings. The molecule has 4 nitrogen and oxygen atoms in total. The van der Waals surface area contributed by atoms with Gasteiger partial charge in [-0.15, -0.1) is 0 Å². The highest BCUT2D eigenvalue weighted by Gasteiger charge is 2.37. The minimum atomic E-state index is -0.522. The van der Waals surface area contributed by atoms with Gasteiger partial charge in [-0.3, -0.25) is 9.59 Å². The van der Waals surface area contributed by atoms with Gasteiger partial charge in [-0.05, 0) is 30.9 Å². The number of benzene rings is 1. The first kappa shape index (κ1) is 16.5. The van der Waals surface area contributed by atoms with Crippen molar-refractivity contribution >= 4 is 17.5 Å². The van der Waals surface area contributed by atoms with E-state index in [4.69, 9.17) is 0 Å². The summed E-state index contributed by atoms with van der Waals surface area (Å²) in [5, 5.41) is 2.81. The lowest BCUT2D eigenvalue weighted by Crippen LogP contribution is -2.37. The standard InChI is InChI=1S/C18H26N2O2/c1-4-6-8-14-9-10-16-15(12-14)17(19-13(3)21)18(22)20(16)11-7-5-2/h9-10,12,17H,4-8,11H2,1-3H3,(H,19,21)/t17-/m1/s1. The molecule has 0 saturated carbocycles. The van der Waals surface area contributed by atoms with Gasteiger partial charge in [0.05, 0.1) is 0 Å². The van der Waals surface area contributed by atoms with Crippen LogP contribution < -0.4 is 10.2 Å². The number of carbonyl (C=O) groups excluding carboxylic acids is 2. The number of anilines is 1. The number of nitrogens with one attached hydrogen (secondary N) is 1. The molecule has 2 rings (SSSR count). The smallest absolute Gasteiger partial charge is 0.254 e. The van der Waals surface area contributed by atoms with E-state index < -0.39 is 6.04 Å². The van der Waals surface area contributed by atoms with Crippen LogP contribution >= 0.6 is 0 Å². The van der Waals surface area contributed by atoms with Crippen LogP contribution in [0.1, 0.15) is 63.6 Å². The third-order valence-electron chi connectivity index (χ3n) is 4.11. The number of nitrogens with zero attached hydrogens (tertiary/aromatic N) is 1. The van der Waals surface area contributed by atoms with E-state index >= 15 is 0 Å². The van der Waals surface area contributed by atoms with Gasteiger partial charge in [0.1, 0.15) is 6.04 Å². The van der Waals surface area contributed by atoms with Gasteiger partial charge in [0.15, 0.2) is 0 Å². The lowest BCUT2D eigenvalue weighted by atomic mass is 10.0. The second-order valence-electron chi connectivity index (χ2n) is 5.97. The van der Waals surface area contributed by atoms with Crippen molar-refractivity contribution in [1.29, 1.82) is 0 Å². The second kappa shape index (κ2) is 7.43. The van der Waals surface area contributed by atoms with Crippen LogP contribution in [0.15, 0.2) is 18.2 Å². The molecule has 0 bridgehead atoms. The van der Waals surface area contributed by atoms with Gasteiger partial charge in [0.25, 0.3) is 5.91 Å². The predicted octanol–water partition coefficient (Wildman–Crippen LogP) is 3.35. The number of amides is 2. The number of hydrogen-bond donors (Lipinski definition) is 1. The van der Waals surface area contributed by atoms with Crippen LogP contribution in [0.5, 0.6) is 0 Å². The Balaban J connectivity index is 2.31. The van der Waals surface area contributed by atoms with E-state index in [1.165, 1.54) is 12.5 Å². The van der Waals surface area contributed by atoms with Crippen molar-refractivity contribution in [1.82, 2.24) is 5.32 Å². The molecule has 120 valence electrons. The molecule has 0 saturated heterocycles. The van der Waals surface area contributed by atoms with Gasteiger partial charge < -0.3 is 10.2 Å². The second-order valence-corrected chi connectivity index (χ2v) is 5.97. The molecule has 1 aromatic carbocycles. The highest BCUT2D eigenvalue weighted by atomic mass is 16.2. The molecule has 1 atom stereocenters. The molecule has 2 amide bonds. The quantitative estimate of drug-likeness (QED) is 0.839. The SMILES string of the molecule is CCCCc1ccc2c(c1)[C@@H](NC(C)=O)C(=O)N2CCCC. The minimum absolute atomic E-state index is 0.00806. The largest absolute Gasteiger partial charge is 0.341 e. The molecule has 0 spiro atoms. The van der Waals surface area contributed by atoms with E-state index in [0.29, 0.717) is 6.54 Å². The van der Waals surface area contributed by atoms with Crippen molar-refractivity contribution in [3.63, 3.8) is 0 Å². The average molecular weight is 302 g/mol. The van der Waals surface area contributed by atoms with Crippen molar-refractivity contribution in [2.24, 2.45) is 0 Å². The van der Waals surface area contributed by atoms with E-state index in [9.17, 15) is 9.59 Å². The molecule has 1 heterocycles. The number of aryl methyl sites for hydroxylation is 1. The van der Waals surface area contributed by atoms with Crippen LogP contribution in [0.4, 0.5) is 5.69 Å². The summed E-state index contributed by atoms with van der Waals surface area (Å²) in [5.41, 5.74) is 3.14. The highest BCUT2D eigenvalue weighted by molar-refractivity contribution is 6.06. The zero-order valence-electron chi connectivity index (χ0n) is 13.8. The fourth-order valence-electron chi connectivity index (χ4n) is 2.91. The number of fused-ring (bicyclic) bond motifs is 1. The third kappa shape index (κ3) is 3.49. The Kier molecular flexibility index (Phi) is 5.58. The van der Waals surface area contributed by atoms with Crippen molar-refractivity contribution < 1.29 is 9.59 Å². The molecule has 1 aliphatic heterocycles. The lowest BCUT2D eigenvalue weighted by molar-refractivity contribution is -0.126. The molecule has 4 heteroatoms. The van der Waals surface area contributed by atoms with E-state index in [1.807, 2.05) is 11.0 Å². The van der Waals surface area contributed by atoms with Crippen molar-refractivity contribution in [3.05, 3.63) is 29.3 Å². The summed E-state index contributed by atoms with van der Waals surface area (Å²) in [7, 11) is 0. The first-order valence-corrected chi connectivity index (χ1v) is 8.29. The fourth-order valence-corrected chi connectivity index (χ4v) is 2.91. The number of unbranched alkanes of at least 4 members (excludes halogenated alkanes) is 2. The zero-order valence-corrected chi connectivity index (χ0v) is 13.8. The Bertz CT molecular complexity index is 554. The van der Waals surface area contributed by atoms with Gasteiger partial charge in [-0.25, -0.2) is 0 Å². The van der Waals surface area contributed by atoms with Crippen molar-refractivity contribution in [2.75, 3.05) is 11.4 Å². The van der Waals surface area contributed by atoms with Crippen LogP contribution in [0.3, 0.4) is 0 Å². The molecule has 1 aliphatic rings. The van der Waals surface area contributed by atoms with Gasteiger partial charge in [-0.2, -0.15) is 0 Å². The maximum absolute atomic E-state index is 12.6. The number of carbonyl (C=O) groups is 2. The summed E-state index contributed by atoms with van der Waals surface area (Å²) in [4.78, 5) is 25.9. The normalized spacial score (nSPS) is 16.8. The Morgan fingerprint density at radius 1 is 1.23 bits per heavy atom. The van der Waals surface area contributed by atoms with Gasteiger partial charge in [0.2, 0.25) is 5.91 Å². The van der Waals surface area contributed by atoms with Crippen LogP contribution in [0.25, 0.3) is 0 Å². The van der Waals surface area contributed by atoms with Gasteiger partial charge in [-0.1, -0.05) is 38.8 Å². The maximum atomic E-state index is 12.6. The summed E-state index contributed by atoms with van der Waals surface area (Å²) in [6.45, 7) is 6.46. The molecular formula is C18H26N2O2. The molecule has 0 radical (unpaired) electrons. The predicted molar refractivity (Wildman–Crippen MR) is 88.9 cm³/mol. The summed E-state index contributed by atoms with van der Waals surface area (Å²) in [6, 6.07) is 5.72. The number of hydrogen-bond acceptors (Lipinski definition) is 2. The maximum Gasteiger partial charge on any atom is 0.254 e. The van der Waals surface area contributed by atoms with E-state index in [1.54, 1.807) is 0 Å². The molecular weight excluding hydrogens is 276 g/mol. The van der Waals surface area contributed by atoms with Crippen LogP contribution in [-0.4, -0.2) is 18.4 Å². The fraction of sp³-hybridized carbons (Fsp3) is 0.556. The van der Waals surface area contributed by atoms with E-state index in [-0.39, 0.29) is 11.8 Å². The Hall–Kier alpha value is -1.84. The highest BCUT2D eigenvalue weighted by Crippen LogP contribution is 2.37. The molecule has 22 heavy (non-hydrogen) atoms. The van der Waals surface area contributed by atoms with E-state index in [0.717, 1.165) is 43.4 Å². The zero-order chi connectivity index (χ0) is 16.1. The summed E-state index contributed by atoms with van der Waals surface area (Å²) in [5.74, 6) is -0.174. The van der Waals surface area contributed by atoms with Crippen LogP contribution in [-0.2, 0) is 16.0 Å². The lowest BCUT2D eigenvalue weighted by Gasteiger charge is -2.17. The van der Waals surface area contributed by atoms with Gasteiger partial charge >= 0.3 is 0 Å².